The predicted molar refractivity (Wildman–Crippen MR) is 89.0 cm³/mol. The van der Waals surface area contributed by atoms with Crippen molar-refractivity contribution in [2.75, 3.05) is 6.54 Å². The number of aromatic nitrogens is 1. The lowest BCUT2D eigenvalue weighted by Crippen LogP contribution is -2.38. The Bertz CT molecular complexity index is 678. The second kappa shape index (κ2) is 7.54. The fourth-order valence-corrected chi connectivity index (χ4v) is 2.38. The minimum absolute atomic E-state index is 0.0591. The van der Waals surface area contributed by atoms with Gasteiger partial charge in [0, 0.05) is 18.0 Å². The lowest BCUT2D eigenvalue weighted by atomic mass is 10.1. The number of amides is 2. The maximum absolute atomic E-state index is 12.1. The highest BCUT2D eigenvalue weighted by Crippen LogP contribution is 2.10. The number of carbonyl (C=O) groups is 2. The maximum Gasteiger partial charge on any atom is 0.251 e. The zero-order valence-electron chi connectivity index (χ0n) is 13.6. The Morgan fingerprint density at radius 1 is 1.17 bits per heavy atom. The molecular formula is C18H21N3O2. The summed E-state index contributed by atoms with van der Waals surface area (Å²) < 4.78 is 0. The highest BCUT2D eigenvalue weighted by Gasteiger charge is 2.12. The summed E-state index contributed by atoms with van der Waals surface area (Å²) in [6, 6.07) is 9.16. The SMILES string of the molecule is Cc1cc(C)cc(C(=O)NCC(=O)NC(C)c2cccnc2)c1. The lowest BCUT2D eigenvalue weighted by molar-refractivity contribution is -0.120. The largest absolute Gasteiger partial charge is 0.348 e. The second-order valence-electron chi connectivity index (χ2n) is 5.63. The van der Waals surface area contributed by atoms with Crippen LogP contribution in [0.15, 0.2) is 42.7 Å². The molecule has 2 amide bonds. The third-order valence-corrected chi connectivity index (χ3v) is 3.46. The summed E-state index contributed by atoms with van der Waals surface area (Å²) in [7, 11) is 0. The molecule has 0 aliphatic heterocycles. The molecule has 2 aromatic rings. The third-order valence-electron chi connectivity index (χ3n) is 3.46. The molecule has 0 fully saturated rings. The molecular weight excluding hydrogens is 290 g/mol. The molecule has 0 bridgehead atoms. The van der Waals surface area contributed by atoms with Crippen LogP contribution < -0.4 is 10.6 Å². The maximum atomic E-state index is 12.1. The van der Waals surface area contributed by atoms with Gasteiger partial charge in [-0.1, -0.05) is 23.3 Å². The van der Waals surface area contributed by atoms with E-state index in [0.29, 0.717) is 5.56 Å². The van der Waals surface area contributed by atoms with Crippen molar-refractivity contribution in [1.29, 1.82) is 0 Å². The molecule has 0 radical (unpaired) electrons. The first-order valence-corrected chi connectivity index (χ1v) is 7.51. The van der Waals surface area contributed by atoms with Gasteiger partial charge >= 0.3 is 0 Å². The molecule has 1 aromatic carbocycles. The van der Waals surface area contributed by atoms with E-state index in [-0.39, 0.29) is 24.4 Å². The molecule has 0 aliphatic carbocycles. The van der Waals surface area contributed by atoms with Gasteiger partial charge < -0.3 is 10.6 Å². The van der Waals surface area contributed by atoms with Gasteiger partial charge in [-0.2, -0.15) is 0 Å². The van der Waals surface area contributed by atoms with Crippen molar-refractivity contribution in [3.05, 3.63) is 65.0 Å². The number of pyridine rings is 1. The lowest BCUT2D eigenvalue weighted by Gasteiger charge is -2.14. The van der Waals surface area contributed by atoms with Gasteiger partial charge in [-0.15, -0.1) is 0 Å². The number of hydrogen-bond acceptors (Lipinski definition) is 3. The summed E-state index contributed by atoms with van der Waals surface area (Å²) in [5, 5.41) is 5.48. The molecule has 2 rings (SSSR count). The van der Waals surface area contributed by atoms with Crippen molar-refractivity contribution in [2.45, 2.75) is 26.8 Å². The van der Waals surface area contributed by atoms with Crippen molar-refractivity contribution in [2.24, 2.45) is 0 Å². The summed E-state index contributed by atoms with van der Waals surface area (Å²) in [6.07, 6.45) is 3.39. The Balaban J connectivity index is 1.87. The van der Waals surface area contributed by atoms with Crippen LogP contribution in [0.5, 0.6) is 0 Å². The molecule has 23 heavy (non-hydrogen) atoms. The van der Waals surface area contributed by atoms with E-state index in [9.17, 15) is 9.59 Å². The summed E-state index contributed by atoms with van der Waals surface area (Å²) in [6.45, 7) is 5.69. The van der Waals surface area contributed by atoms with Crippen LogP contribution in [0.25, 0.3) is 0 Å². The number of aryl methyl sites for hydroxylation is 2. The fraction of sp³-hybridized carbons (Fsp3) is 0.278. The quantitative estimate of drug-likeness (QED) is 0.890. The molecule has 2 N–H and O–H groups in total. The van der Waals surface area contributed by atoms with Crippen LogP contribution in [-0.2, 0) is 4.79 Å². The van der Waals surface area contributed by atoms with E-state index in [4.69, 9.17) is 0 Å². The Labute approximate surface area is 136 Å². The molecule has 5 heteroatoms. The highest BCUT2D eigenvalue weighted by atomic mass is 16.2. The van der Waals surface area contributed by atoms with Crippen molar-refractivity contribution < 1.29 is 9.59 Å². The monoisotopic (exact) mass is 311 g/mol. The Kier molecular flexibility index (Phi) is 5.46. The number of nitrogens with one attached hydrogen (secondary N) is 2. The van der Waals surface area contributed by atoms with Crippen LogP contribution in [0.4, 0.5) is 0 Å². The molecule has 0 saturated carbocycles. The third kappa shape index (κ3) is 4.92. The molecule has 1 heterocycles. The number of carbonyl (C=O) groups excluding carboxylic acids is 2. The van der Waals surface area contributed by atoms with Crippen LogP contribution in [-0.4, -0.2) is 23.3 Å². The minimum Gasteiger partial charge on any atom is -0.348 e. The first kappa shape index (κ1) is 16.7. The van der Waals surface area contributed by atoms with Crippen molar-refractivity contribution in [3.63, 3.8) is 0 Å². The zero-order valence-corrected chi connectivity index (χ0v) is 13.6. The molecule has 120 valence electrons. The molecule has 5 nitrogen and oxygen atoms in total. The van der Waals surface area contributed by atoms with E-state index in [1.165, 1.54) is 0 Å². The van der Waals surface area contributed by atoms with Gasteiger partial charge in [-0.25, -0.2) is 0 Å². The molecule has 1 atom stereocenters. The van der Waals surface area contributed by atoms with Gasteiger partial charge in [0.15, 0.2) is 0 Å². The van der Waals surface area contributed by atoms with Crippen LogP contribution in [0, 0.1) is 13.8 Å². The first-order valence-electron chi connectivity index (χ1n) is 7.51. The van der Waals surface area contributed by atoms with Crippen LogP contribution in [0.3, 0.4) is 0 Å². The molecule has 0 spiro atoms. The van der Waals surface area contributed by atoms with E-state index in [1.54, 1.807) is 24.5 Å². The van der Waals surface area contributed by atoms with Gasteiger partial charge in [0.25, 0.3) is 5.91 Å². The van der Waals surface area contributed by atoms with Gasteiger partial charge in [0.05, 0.1) is 12.6 Å². The second-order valence-corrected chi connectivity index (χ2v) is 5.63. The molecule has 0 aliphatic rings. The Morgan fingerprint density at radius 2 is 1.87 bits per heavy atom. The van der Waals surface area contributed by atoms with Gasteiger partial charge in [0.2, 0.25) is 5.91 Å². The van der Waals surface area contributed by atoms with E-state index in [2.05, 4.69) is 15.6 Å². The Hall–Kier alpha value is -2.69. The number of rotatable bonds is 5. The predicted octanol–water partition coefficient (Wildman–Crippen LogP) is 2.31. The summed E-state index contributed by atoms with van der Waals surface area (Å²) in [5.41, 5.74) is 3.52. The minimum atomic E-state index is -0.249. The van der Waals surface area contributed by atoms with Gasteiger partial charge in [0.1, 0.15) is 0 Å². The standard InChI is InChI=1S/C18H21N3O2/c1-12-7-13(2)9-16(8-12)18(23)20-11-17(22)21-14(3)15-5-4-6-19-10-15/h4-10,14H,11H2,1-3H3,(H,20,23)(H,21,22). The van der Waals surface area contributed by atoms with Crippen LogP contribution in [0.2, 0.25) is 0 Å². The van der Waals surface area contributed by atoms with E-state index >= 15 is 0 Å². The average Bonchev–Trinajstić information content (AvgIpc) is 2.52. The Morgan fingerprint density at radius 3 is 2.48 bits per heavy atom. The zero-order chi connectivity index (χ0) is 16.8. The van der Waals surface area contributed by atoms with Crippen LogP contribution >= 0.6 is 0 Å². The highest BCUT2D eigenvalue weighted by molar-refractivity contribution is 5.96. The average molecular weight is 311 g/mol. The summed E-state index contributed by atoms with van der Waals surface area (Å²) in [5.74, 6) is -0.486. The van der Waals surface area contributed by atoms with Gasteiger partial charge in [-0.05, 0) is 44.5 Å². The molecule has 0 saturated heterocycles. The van der Waals surface area contributed by atoms with Crippen molar-refractivity contribution in [1.82, 2.24) is 15.6 Å². The summed E-state index contributed by atoms with van der Waals surface area (Å²) in [4.78, 5) is 28.1. The summed E-state index contributed by atoms with van der Waals surface area (Å²) >= 11 is 0. The molecule has 1 unspecified atom stereocenters. The van der Waals surface area contributed by atoms with E-state index in [0.717, 1.165) is 16.7 Å². The molecule has 1 aromatic heterocycles. The number of nitrogens with zero attached hydrogens (tertiary/aromatic N) is 1. The van der Waals surface area contributed by atoms with Crippen molar-refractivity contribution in [3.8, 4) is 0 Å². The van der Waals surface area contributed by atoms with E-state index in [1.807, 2.05) is 39.0 Å². The number of benzene rings is 1. The number of hydrogen-bond donors (Lipinski definition) is 2. The van der Waals surface area contributed by atoms with E-state index < -0.39 is 0 Å². The van der Waals surface area contributed by atoms with Gasteiger partial charge in [-0.3, -0.25) is 14.6 Å². The van der Waals surface area contributed by atoms with Crippen LogP contribution in [0.1, 0.15) is 40.0 Å². The van der Waals surface area contributed by atoms with Crippen molar-refractivity contribution >= 4 is 11.8 Å². The topological polar surface area (TPSA) is 71.1 Å². The smallest absolute Gasteiger partial charge is 0.251 e. The normalized spacial score (nSPS) is 11.6. The fourth-order valence-electron chi connectivity index (χ4n) is 2.38. The first-order chi connectivity index (χ1) is 11.0.